The van der Waals surface area contributed by atoms with Crippen molar-refractivity contribution >= 4 is 5.97 Å². The smallest absolute Gasteiger partial charge is 0.305 e. The lowest BCUT2D eigenvalue weighted by molar-refractivity contribution is -0.212. The maximum atomic E-state index is 12.5. The molecule has 0 aromatic rings. The summed E-state index contributed by atoms with van der Waals surface area (Å²) in [7, 11) is 1.87. The van der Waals surface area contributed by atoms with Crippen molar-refractivity contribution in [2.75, 3.05) is 13.7 Å². The third-order valence-corrected chi connectivity index (χ3v) is 12.6. The Morgan fingerprint density at radius 1 is 1.00 bits per heavy atom. The van der Waals surface area contributed by atoms with Crippen LogP contribution in [0.2, 0.25) is 0 Å². The first kappa shape index (κ1) is 26.9. The summed E-state index contributed by atoms with van der Waals surface area (Å²) in [5.74, 6) is 3.24. The number of hydrogen-bond donors (Lipinski definition) is 2. The Kier molecular flexibility index (Phi) is 7.85. The van der Waals surface area contributed by atoms with Crippen molar-refractivity contribution in [3.05, 3.63) is 0 Å². The van der Waals surface area contributed by atoms with E-state index in [2.05, 4.69) is 20.8 Å². The first-order chi connectivity index (χ1) is 17.2. The molecule has 206 valence electrons. The van der Waals surface area contributed by atoms with E-state index in [0.717, 1.165) is 51.4 Å². The van der Waals surface area contributed by atoms with Crippen LogP contribution in [0.1, 0.15) is 104 Å². The van der Waals surface area contributed by atoms with E-state index in [1.807, 2.05) is 7.11 Å². The summed E-state index contributed by atoms with van der Waals surface area (Å²) < 4.78 is 11.8. The molecule has 0 bridgehead atoms. The molecule has 0 radical (unpaired) electrons. The van der Waals surface area contributed by atoms with E-state index < -0.39 is 0 Å². The molecule has 2 N–H and O–H groups in total. The molecule has 5 heteroatoms. The van der Waals surface area contributed by atoms with Gasteiger partial charge < -0.3 is 19.7 Å². The Morgan fingerprint density at radius 2 is 1.75 bits per heavy atom. The van der Waals surface area contributed by atoms with Gasteiger partial charge in [-0.05, 0) is 116 Å². The van der Waals surface area contributed by atoms with Crippen LogP contribution in [0.3, 0.4) is 0 Å². The lowest BCUT2D eigenvalue weighted by Crippen LogP contribution is -2.62. The minimum atomic E-state index is -0.312. The normalized spacial score (nSPS) is 47.6. The van der Waals surface area contributed by atoms with Gasteiger partial charge in [-0.2, -0.15) is 0 Å². The van der Waals surface area contributed by atoms with E-state index in [9.17, 15) is 15.0 Å². The number of ether oxygens (including phenoxy) is 2. The fourth-order valence-electron chi connectivity index (χ4n) is 10.4. The highest BCUT2D eigenvalue weighted by Gasteiger charge is 2.66. The molecular formula is C31H52O5. The molecule has 36 heavy (non-hydrogen) atoms. The second-order valence-corrected chi connectivity index (χ2v) is 14.1. The summed E-state index contributed by atoms with van der Waals surface area (Å²) in [6.45, 7) is 7.72. The minimum absolute atomic E-state index is 0.0390. The number of aliphatic hydroxyl groups excluding tert-OH is 2. The van der Waals surface area contributed by atoms with Gasteiger partial charge in [-0.25, -0.2) is 0 Å². The second kappa shape index (κ2) is 10.5. The van der Waals surface area contributed by atoms with Gasteiger partial charge in [0.05, 0.1) is 24.9 Å². The maximum Gasteiger partial charge on any atom is 0.305 e. The van der Waals surface area contributed by atoms with E-state index in [0.29, 0.717) is 54.5 Å². The highest BCUT2D eigenvalue weighted by molar-refractivity contribution is 5.69. The first-order valence-electron chi connectivity index (χ1n) is 15.2. The maximum absolute atomic E-state index is 12.5. The third-order valence-electron chi connectivity index (χ3n) is 12.6. The number of rotatable bonds is 7. The number of fused-ring (bicyclic) bond motifs is 5. The lowest BCUT2D eigenvalue weighted by atomic mass is 9.43. The molecule has 5 saturated carbocycles. The fourth-order valence-corrected chi connectivity index (χ4v) is 10.4. The predicted molar refractivity (Wildman–Crippen MR) is 140 cm³/mol. The average Bonchev–Trinajstić information content (AvgIpc) is 3.50. The number of hydrogen-bond acceptors (Lipinski definition) is 5. The van der Waals surface area contributed by atoms with Crippen LogP contribution in [-0.2, 0) is 14.3 Å². The Labute approximate surface area is 219 Å². The van der Waals surface area contributed by atoms with Crippen LogP contribution < -0.4 is 0 Å². The van der Waals surface area contributed by atoms with Crippen molar-refractivity contribution < 1.29 is 24.5 Å². The molecule has 0 aliphatic heterocycles. The summed E-state index contributed by atoms with van der Waals surface area (Å²) in [6, 6.07) is 0. The molecule has 5 aliphatic carbocycles. The van der Waals surface area contributed by atoms with E-state index in [1.54, 1.807) is 0 Å². The van der Waals surface area contributed by atoms with E-state index in [-0.39, 0.29) is 35.1 Å². The Hall–Kier alpha value is -0.650. The van der Waals surface area contributed by atoms with Gasteiger partial charge in [-0.1, -0.05) is 33.6 Å². The van der Waals surface area contributed by atoms with E-state index >= 15 is 0 Å². The molecule has 0 aromatic carbocycles. The highest BCUT2D eigenvalue weighted by Crippen LogP contribution is 2.68. The zero-order valence-electron chi connectivity index (χ0n) is 23.3. The summed E-state index contributed by atoms with van der Waals surface area (Å²) in [6.07, 6.45) is 13.0. The van der Waals surface area contributed by atoms with Crippen LogP contribution in [0, 0.1) is 52.3 Å². The third kappa shape index (κ3) is 4.57. The number of esters is 1. The van der Waals surface area contributed by atoms with Crippen LogP contribution in [0.5, 0.6) is 0 Å². The Morgan fingerprint density at radius 3 is 2.47 bits per heavy atom. The lowest BCUT2D eigenvalue weighted by Gasteiger charge is -2.64. The zero-order valence-corrected chi connectivity index (χ0v) is 23.3. The second-order valence-electron chi connectivity index (χ2n) is 14.1. The van der Waals surface area contributed by atoms with E-state index in [4.69, 9.17) is 9.47 Å². The van der Waals surface area contributed by atoms with E-state index in [1.165, 1.54) is 25.7 Å². The van der Waals surface area contributed by atoms with Crippen molar-refractivity contribution in [2.45, 2.75) is 123 Å². The quantitative estimate of drug-likeness (QED) is 0.432. The molecule has 0 heterocycles. The van der Waals surface area contributed by atoms with Gasteiger partial charge in [0.1, 0.15) is 0 Å². The standard InChI is InChI=1S/C31H52O5/c1-19(9-12-28(34)36-18-20-7-5-6-8-20)23-10-11-24-29-25(17-27(33)31(23,24)3)30(2)14-13-22(32)15-21(30)16-26(29)35-4/h19-27,29,32-33H,5-18H2,1-4H3/t19-,21+,22-,23-,24+,25+,26-,27+,29+,30+,31-/m1/s1. The number of carbonyl (C=O) groups is 1. The molecule has 0 saturated heterocycles. The van der Waals surface area contributed by atoms with Crippen LogP contribution in [0.15, 0.2) is 0 Å². The number of aliphatic hydroxyl groups is 2. The summed E-state index contributed by atoms with van der Waals surface area (Å²) in [5, 5.41) is 22.2. The zero-order chi connectivity index (χ0) is 25.7. The SMILES string of the molecule is CO[C@@H]1C[C@@H]2C[C@H](O)CC[C@]2(C)[C@H]2C[C@H](O)[C@]3(C)[C@@H]([C@H](C)CCC(=O)OCC4CCCC4)CC[C@H]3[C@H]12. The number of methoxy groups -OCH3 is 1. The Balaban J connectivity index is 1.27. The average molecular weight is 505 g/mol. The molecule has 5 aliphatic rings. The van der Waals surface area contributed by atoms with Crippen molar-refractivity contribution in [1.29, 1.82) is 0 Å². The summed E-state index contributed by atoms with van der Waals surface area (Å²) in [4.78, 5) is 12.5. The predicted octanol–water partition coefficient (Wildman–Crippen LogP) is 5.75. The largest absolute Gasteiger partial charge is 0.465 e. The molecule has 0 unspecified atom stereocenters. The molecule has 0 amide bonds. The van der Waals surface area contributed by atoms with Crippen molar-refractivity contribution in [3.8, 4) is 0 Å². The fraction of sp³-hybridized carbons (Fsp3) is 0.968. The monoisotopic (exact) mass is 504 g/mol. The van der Waals surface area contributed by atoms with Gasteiger partial charge in [0, 0.05) is 13.5 Å². The van der Waals surface area contributed by atoms with Crippen molar-refractivity contribution in [2.24, 2.45) is 52.3 Å². The molecule has 5 nitrogen and oxygen atoms in total. The number of carbonyl (C=O) groups excluding carboxylic acids is 1. The van der Waals surface area contributed by atoms with Gasteiger partial charge in [0.25, 0.3) is 0 Å². The van der Waals surface area contributed by atoms with Crippen molar-refractivity contribution in [1.82, 2.24) is 0 Å². The molecular weight excluding hydrogens is 452 g/mol. The van der Waals surface area contributed by atoms with Crippen molar-refractivity contribution in [3.63, 3.8) is 0 Å². The van der Waals surface area contributed by atoms with Gasteiger partial charge in [0.15, 0.2) is 0 Å². The topological polar surface area (TPSA) is 76.0 Å². The van der Waals surface area contributed by atoms with Gasteiger partial charge >= 0.3 is 5.97 Å². The van der Waals surface area contributed by atoms with Gasteiger partial charge in [-0.15, -0.1) is 0 Å². The summed E-state index contributed by atoms with van der Waals surface area (Å²) >= 11 is 0. The molecule has 0 spiro atoms. The Bertz CT molecular complexity index is 779. The summed E-state index contributed by atoms with van der Waals surface area (Å²) in [5.41, 5.74) is 0.0660. The van der Waals surface area contributed by atoms with Gasteiger partial charge in [-0.3, -0.25) is 4.79 Å². The van der Waals surface area contributed by atoms with Crippen LogP contribution in [0.4, 0.5) is 0 Å². The van der Waals surface area contributed by atoms with Crippen LogP contribution in [0.25, 0.3) is 0 Å². The first-order valence-corrected chi connectivity index (χ1v) is 15.2. The van der Waals surface area contributed by atoms with Crippen LogP contribution >= 0.6 is 0 Å². The molecule has 5 rings (SSSR count). The van der Waals surface area contributed by atoms with Crippen LogP contribution in [-0.4, -0.2) is 48.2 Å². The highest BCUT2D eigenvalue weighted by atomic mass is 16.5. The molecule has 0 aromatic heterocycles. The molecule has 11 atom stereocenters. The molecule has 5 fully saturated rings. The minimum Gasteiger partial charge on any atom is -0.465 e. The van der Waals surface area contributed by atoms with Gasteiger partial charge in [0.2, 0.25) is 0 Å².